The largest absolute Gasteiger partial charge is 0.316 e. The van der Waals surface area contributed by atoms with Crippen LogP contribution in [0.4, 0.5) is 10.1 Å². The Labute approximate surface area is 128 Å². The van der Waals surface area contributed by atoms with Gasteiger partial charge in [-0.3, -0.25) is 14.3 Å². The third-order valence-electron chi connectivity index (χ3n) is 3.10. The van der Waals surface area contributed by atoms with Crippen LogP contribution >= 0.6 is 0 Å². The predicted molar refractivity (Wildman–Crippen MR) is 82.4 cm³/mol. The van der Waals surface area contributed by atoms with E-state index in [1.807, 2.05) is 0 Å². The summed E-state index contributed by atoms with van der Waals surface area (Å²) in [7, 11) is -3.93. The minimum Gasteiger partial charge on any atom is -0.316 e. The van der Waals surface area contributed by atoms with Crippen molar-refractivity contribution in [3.8, 4) is 0 Å². The van der Waals surface area contributed by atoms with Crippen LogP contribution in [0.1, 0.15) is 0 Å². The lowest BCUT2D eigenvalue weighted by atomic mass is 10.3. The molecule has 0 amide bonds. The maximum Gasteiger partial charge on any atom is 0.314 e. The molecule has 0 radical (unpaired) electrons. The van der Waals surface area contributed by atoms with Gasteiger partial charge in [-0.15, -0.1) is 0 Å². The van der Waals surface area contributed by atoms with Crippen LogP contribution in [-0.2, 0) is 10.0 Å². The van der Waals surface area contributed by atoms with Gasteiger partial charge in [0.1, 0.15) is 5.82 Å². The molecule has 0 unspecified atom stereocenters. The van der Waals surface area contributed by atoms with Gasteiger partial charge in [-0.25, -0.2) is 12.8 Å². The van der Waals surface area contributed by atoms with E-state index < -0.39 is 27.0 Å². The molecule has 0 bridgehead atoms. The fourth-order valence-electron chi connectivity index (χ4n) is 1.99. The average molecular weight is 335 g/mol. The lowest BCUT2D eigenvalue weighted by molar-refractivity contribution is 0.601. The van der Waals surface area contributed by atoms with Gasteiger partial charge in [0.2, 0.25) is 0 Å². The van der Waals surface area contributed by atoms with E-state index in [4.69, 9.17) is 0 Å². The van der Waals surface area contributed by atoms with Crippen molar-refractivity contribution in [1.29, 1.82) is 0 Å². The number of halogens is 1. The van der Waals surface area contributed by atoms with E-state index >= 15 is 0 Å². The highest BCUT2D eigenvalue weighted by Crippen LogP contribution is 2.18. The van der Waals surface area contributed by atoms with Gasteiger partial charge in [0.15, 0.2) is 0 Å². The second kappa shape index (κ2) is 5.36. The topological polar surface area (TPSA) is 112 Å². The van der Waals surface area contributed by atoms with Gasteiger partial charge in [0.25, 0.3) is 10.0 Å². The summed E-state index contributed by atoms with van der Waals surface area (Å²) >= 11 is 0. The van der Waals surface area contributed by atoms with Crippen molar-refractivity contribution < 1.29 is 12.8 Å². The Morgan fingerprint density at radius 3 is 2.13 bits per heavy atom. The molecule has 0 aliphatic rings. The van der Waals surface area contributed by atoms with Gasteiger partial charge in [-0.05, 0) is 42.5 Å². The van der Waals surface area contributed by atoms with Crippen LogP contribution in [0, 0.1) is 5.82 Å². The van der Waals surface area contributed by atoms with Crippen LogP contribution in [0.25, 0.3) is 11.0 Å². The number of hydrogen-bond acceptors (Lipinski definition) is 4. The van der Waals surface area contributed by atoms with E-state index in [9.17, 15) is 22.4 Å². The van der Waals surface area contributed by atoms with Crippen LogP contribution in [0.3, 0.4) is 0 Å². The summed E-state index contributed by atoms with van der Waals surface area (Å²) in [5.41, 5.74) is -1.02. The highest BCUT2D eigenvalue weighted by Gasteiger charge is 2.15. The van der Waals surface area contributed by atoms with Crippen LogP contribution in [0.2, 0.25) is 0 Å². The Morgan fingerprint density at radius 2 is 1.48 bits per heavy atom. The molecule has 7 nitrogen and oxygen atoms in total. The summed E-state index contributed by atoms with van der Waals surface area (Å²) in [5, 5.41) is 0. The minimum atomic E-state index is -3.93. The zero-order valence-electron chi connectivity index (χ0n) is 11.5. The predicted octanol–water partition coefficient (Wildman–Crippen LogP) is 1.16. The van der Waals surface area contributed by atoms with Crippen molar-refractivity contribution in [3.63, 3.8) is 0 Å². The number of hydrogen-bond donors (Lipinski definition) is 3. The van der Waals surface area contributed by atoms with Crippen molar-refractivity contribution in [2.45, 2.75) is 4.90 Å². The fourth-order valence-corrected chi connectivity index (χ4v) is 3.08. The maximum atomic E-state index is 12.8. The number of benzene rings is 2. The van der Waals surface area contributed by atoms with Gasteiger partial charge >= 0.3 is 11.1 Å². The molecule has 3 N–H and O–H groups in total. The number of sulfonamides is 1. The molecule has 2 aromatic carbocycles. The molecular formula is C14H10FN3O4S. The molecule has 118 valence electrons. The summed E-state index contributed by atoms with van der Waals surface area (Å²) < 4.78 is 39.8. The van der Waals surface area contributed by atoms with Crippen LogP contribution in [0.5, 0.6) is 0 Å². The molecule has 9 heteroatoms. The molecular weight excluding hydrogens is 325 g/mol. The maximum absolute atomic E-state index is 12.8. The zero-order valence-corrected chi connectivity index (χ0v) is 12.3. The molecule has 3 rings (SSSR count). The quantitative estimate of drug-likeness (QED) is 0.623. The number of anilines is 1. The smallest absolute Gasteiger partial charge is 0.314 e. The van der Waals surface area contributed by atoms with Crippen molar-refractivity contribution in [2.24, 2.45) is 0 Å². The highest BCUT2D eigenvalue weighted by molar-refractivity contribution is 7.92. The van der Waals surface area contributed by atoms with E-state index in [2.05, 4.69) is 14.7 Å². The van der Waals surface area contributed by atoms with E-state index in [0.717, 1.165) is 12.1 Å². The molecule has 0 aliphatic heterocycles. The van der Waals surface area contributed by atoms with Crippen molar-refractivity contribution in [3.05, 3.63) is 69.0 Å². The van der Waals surface area contributed by atoms with E-state index in [0.29, 0.717) is 5.52 Å². The first-order valence-electron chi connectivity index (χ1n) is 6.40. The van der Waals surface area contributed by atoms with Gasteiger partial charge in [0.05, 0.1) is 15.9 Å². The normalized spacial score (nSPS) is 11.5. The third kappa shape index (κ3) is 2.99. The molecule has 0 saturated carbocycles. The molecule has 0 fully saturated rings. The number of nitrogens with one attached hydrogen (secondary N) is 3. The van der Waals surface area contributed by atoms with E-state index in [-0.39, 0.29) is 16.1 Å². The zero-order chi connectivity index (χ0) is 16.6. The summed E-state index contributed by atoms with van der Waals surface area (Å²) in [6, 6.07) is 8.69. The first-order chi connectivity index (χ1) is 10.8. The lowest BCUT2D eigenvalue weighted by Crippen LogP contribution is -2.29. The molecule has 0 aliphatic carbocycles. The SMILES string of the molecule is O=c1[nH]c2ccc(S(=O)(=O)Nc3ccc(F)cc3)cc2[nH]c1=O. The Hall–Kier alpha value is -2.94. The summed E-state index contributed by atoms with van der Waals surface area (Å²) in [5.74, 6) is -0.486. The Kier molecular flexibility index (Phi) is 3.49. The Balaban J connectivity index is 2.04. The number of aromatic nitrogens is 2. The molecule has 0 saturated heterocycles. The lowest BCUT2D eigenvalue weighted by Gasteiger charge is -2.08. The van der Waals surface area contributed by atoms with Crippen LogP contribution in [0.15, 0.2) is 56.9 Å². The molecule has 1 heterocycles. The minimum absolute atomic E-state index is 0.114. The summed E-state index contributed by atoms with van der Waals surface area (Å²) in [6.07, 6.45) is 0. The number of H-pyrrole nitrogens is 2. The summed E-state index contributed by atoms with van der Waals surface area (Å²) in [6.45, 7) is 0. The standard InChI is InChI=1S/C14H10FN3O4S/c15-8-1-3-9(4-2-8)18-23(21,22)10-5-6-11-12(7-10)17-14(20)13(19)16-11/h1-7,18H,(H,16,19)(H,17,20). The van der Waals surface area contributed by atoms with Crippen LogP contribution < -0.4 is 15.8 Å². The van der Waals surface area contributed by atoms with Gasteiger partial charge in [0, 0.05) is 5.69 Å². The second-order valence-corrected chi connectivity index (χ2v) is 6.41. The molecule has 3 aromatic rings. The monoisotopic (exact) mass is 335 g/mol. The average Bonchev–Trinajstić information content (AvgIpc) is 2.50. The van der Waals surface area contributed by atoms with Crippen LogP contribution in [-0.4, -0.2) is 18.4 Å². The highest BCUT2D eigenvalue weighted by atomic mass is 32.2. The summed E-state index contributed by atoms with van der Waals surface area (Å²) in [4.78, 5) is 27.1. The van der Waals surface area contributed by atoms with Crippen molar-refractivity contribution >= 4 is 26.7 Å². The second-order valence-electron chi connectivity index (χ2n) is 4.73. The number of fused-ring (bicyclic) bond motifs is 1. The van der Waals surface area contributed by atoms with Gasteiger partial charge in [-0.1, -0.05) is 0 Å². The number of aromatic amines is 2. The molecule has 23 heavy (non-hydrogen) atoms. The molecule has 0 spiro atoms. The fraction of sp³-hybridized carbons (Fsp3) is 0. The first kappa shape index (κ1) is 15.0. The van der Waals surface area contributed by atoms with E-state index in [1.54, 1.807) is 0 Å². The van der Waals surface area contributed by atoms with Crippen molar-refractivity contribution in [2.75, 3.05) is 4.72 Å². The number of rotatable bonds is 3. The van der Waals surface area contributed by atoms with Gasteiger partial charge < -0.3 is 9.97 Å². The molecule has 1 aromatic heterocycles. The van der Waals surface area contributed by atoms with Crippen molar-refractivity contribution in [1.82, 2.24) is 9.97 Å². The first-order valence-corrected chi connectivity index (χ1v) is 7.88. The van der Waals surface area contributed by atoms with Gasteiger partial charge in [-0.2, -0.15) is 0 Å². The molecule has 0 atom stereocenters. The third-order valence-corrected chi connectivity index (χ3v) is 4.48. The Morgan fingerprint density at radius 1 is 0.870 bits per heavy atom. The Bertz CT molecular complexity index is 1100. The van der Waals surface area contributed by atoms with E-state index in [1.165, 1.54) is 30.3 Å².